The Balaban J connectivity index is 0.000000178. The Morgan fingerprint density at radius 1 is 0.892 bits per heavy atom. The molecule has 0 amide bonds. The van der Waals surface area contributed by atoms with Crippen LogP contribution in [0, 0.1) is 12.8 Å². The van der Waals surface area contributed by atoms with E-state index in [0.29, 0.717) is 11.5 Å². The van der Waals surface area contributed by atoms with Gasteiger partial charge in [0.15, 0.2) is 5.78 Å². The number of allylic oxidation sites excluding steroid dienone is 1. The van der Waals surface area contributed by atoms with Gasteiger partial charge in [-0.05, 0) is 104 Å². The van der Waals surface area contributed by atoms with Crippen molar-refractivity contribution in [3.63, 3.8) is 0 Å². The van der Waals surface area contributed by atoms with Crippen LogP contribution in [-0.4, -0.2) is 10.9 Å². The number of benzene rings is 3. The summed E-state index contributed by atoms with van der Waals surface area (Å²) in [6.45, 7) is 2.06. The number of nitrogens with one attached hydrogen (secondary N) is 1. The molecular formula is C32H37N2O2W-. The van der Waals surface area contributed by atoms with Crippen molar-refractivity contribution in [1.29, 1.82) is 0 Å². The van der Waals surface area contributed by atoms with E-state index >= 15 is 0 Å². The Kier molecular flexibility index (Phi) is 10.6. The average molecular weight is 666 g/mol. The molecule has 4 nitrogen and oxygen atoms in total. The first kappa shape index (κ1) is 28.7. The number of carbonyl (C=O) groups excluding carboxylic acids is 1. The van der Waals surface area contributed by atoms with Gasteiger partial charge in [0.2, 0.25) is 0 Å². The summed E-state index contributed by atoms with van der Waals surface area (Å²) in [5.74, 6) is 1.74. The first-order valence-corrected chi connectivity index (χ1v) is 13.1. The van der Waals surface area contributed by atoms with E-state index < -0.39 is 0 Å². The van der Waals surface area contributed by atoms with Gasteiger partial charge in [-0.3, -0.25) is 4.79 Å². The minimum absolute atomic E-state index is 0. The van der Waals surface area contributed by atoms with Crippen molar-refractivity contribution in [2.75, 3.05) is 5.73 Å². The van der Waals surface area contributed by atoms with E-state index in [-0.39, 0.29) is 27.0 Å². The number of nitrogen functional groups attached to an aromatic ring is 1. The van der Waals surface area contributed by atoms with Crippen LogP contribution in [0.3, 0.4) is 0 Å². The maximum absolute atomic E-state index is 12.1. The first-order chi connectivity index (χ1) is 17.4. The summed E-state index contributed by atoms with van der Waals surface area (Å²) in [6.07, 6.45) is 11.1. The zero-order valence-electron chi connectivity index (χ0n) is 21.6. The molecular weight excluding hydrogens is 628 g/mol. The number of Topliss-reactive ketones (excluding diaryl/α,β-unsaturated/α-hetero) is 1. The van der Waals surface area contributed by atoms with E-state index in [1.807, 2.05) is 60.7 Å². The predicted molar refractivity (Wildman–Crippen MR) is 149 cm³/mol. The van der Waals surface area contributed by atoms with Gasteiger partial charge in [-0.1, -0.05) is 54.5 Å². The van der Waals surface area contributed by atoms with Crippen molar-refractivity contribution >= 4 is 11.5 Å². The molecule has 0 bridgehead atoms. The molecule has 0 aliphatic heterocycles. The topological polar surface area (TPSA) is 87.1 Å². The minimum Gasteiger partial charge on any atom is -0.705 e. The third-order valence-corrected chi connectivity index (χ3v) is 7.36. The second-order valence-electron chi connectivity index (χ2n) is 10.2. The molecule has 3 aromatic rings. The van der Waals surface area contributed by atoms with Gasteiger partial charge in [-0.2, -0.15) is 6.20 Å². The zero-order valence-corrected chi connectivity index (χ0v) is 24.5. The minimum atomic E-state index is 0. The fourth-order valence-electron chi connectivity index (χ4n) is 4.45. The molecule has 6 rings (SSSR count). The molecule has 3 aliphatic carbocycles. The van der Waals surface area contributed by atoms with Gasteiger partial charge in [0.1, 0.15) is 5.75 Å². The summed E-state index contributed by atoms with van der Waals surface area (Å²) in [4.78, 5) is 12.1. The number of carbonyl (C=O) groups is 1. The van der Waals surface area contributed by atoms with E-state index in [0.717, 1.165) is 41.1 Å². The van der Waals surface area contributed by atoms with E-state index in [4.69, 9.17) is 16.6 Å². The Morgan fingerprint density at radius 2 is 1.49 bits per heavy atom. The average Bonchev–Trinajstić information content (AvgIpc) is 3.64. The number of aryl methyl sites for hydroxylation is 1. The first-order valence-electron chi connectivity index (χ1n) is 13.1. The SMILES string of the molecule is Cc1cc(O)ccc1C1CC1.Nc1ccc(-c2ccc(C(=O)C3CCC3)cc2)cc1.[NH-]C=C1CCC1.[W]. The van der Waals surface area contributed by atoms with E-state index in [2.05, 4.69) is 6.92 Å². The van der Waals surface area contributed by atoms with E-state index in [1.54, 1.807) is 6.07 Å². The molecule has 3 aliphatic rings. The van der Waals surface area contributed by atoms with Crippen LogP contribution in [-0.2, 0) is 21.1 Å². The van der Waals surface area contributed by atoms with Crippen LogP contribution in [0.5, 0.6) is 5.75 Å². The largest absolute Gasteiger partial charge is 0.705 e. The van der Waals surface area contributed by atoms with Crippen LogP contribution >= 0.6 is 0 Å². The van der Waals surface area contributed by atoms with Crippen LogP contribution < -0.4 is 5.73 Å². The number of hydrogen-bond acceptors (Lipinski definition) is 3. The molecule has 3 aromatic carbocycles. The molecule has 194 valence electrons. The molecule has 0 aromatic heterocycles. The summed E-state index contributed by atoms with van der Waals surface area (Å²) in [7, 11) is 0. The number of anilines is 1. The fraction of sp³-hybridized carbons (Fsp3) is 0.344. The number of phenols is 1. The molecule has 0 heterocycles. The van der Waals surface area contributed by atoms with E-state index in [1.165, 1.54) is 61.4 Å². The maximum atomic E-state index is 12.1. The zero-order chi connectivity index (χ0) is 25.5. The number of rotatable bonds is 4. The molecule has 3 fully saturated rings. The monoisotopic (exact) mass is 665 g/mol. The van der Waals surface area contributed by atoms with Crippen molar-refractivity contribution < 1.29 is 31.0 Å². The maximum Gasteiger partial charge on any atom is 0.165 e. The van der Waals surface area contributed by atoms with Crippen LogP contribution in [0.4, 0.5) is 5.69 Å². The Bertz CT molecular complexity index is 1190. The third-order valence-electron chi connectivity index (χ3n) is 7.36. The molecule has 0 unspecified atom stereocenters. The van der Waals surface area contributed by atoms with Crippen molar-refractivity contribution in [1.82, 2.24) is 0 Å². The van der Waals surface area contributed by atoms with Gasteiger partial charge in [0.05, 0.1) is 0 Å². The summed E-state index contributed by atoms with van der Waals surface area (Å²) in [5, 5.41) is 9.14. The summed E-state index contributed by atoms with van der Waals surface area (Å²) >= 11 is 0. The molecule has 5 heteroatoms. The fourth-order valence-corrected chi connectivity index (χ4v) is 4.45. The number of nitrogens with two attached hydrogens (primary N) is 1. The number of hydrogen-bond donors (Lipinski definition) is 2. The Labute approximate surface area is 235 Å². The number of ketones is 1. The third kappa shape index (κ3) is 8.07. The standard InChI is InChI=1S/C17H17NO.C10H12O.C5H8N.W/c18-16-10-8-13(9-11-16)12-4-6-15(7-5-12)17(19)14-2-1-3-14;1-7-6-9(11)4-5-10(7)8-2-3-8;6-4-5-2-1-3-5;/h4-11,14H,1-3,18H2;4-6,8,11H,2-3H2,1H3;4,6H,1-3H2;/q;;-1;. The molecule has 0 radical (unpaired) electrons. The quantitative estimate of drug-likeness (QED) is 0.216. The van der Waals surface area contributed by atoms with Crippen molar-refractivity contribution in [2.45, 2.75) is 64.2 Å². The summed E-state index contributed by atoms with van der Waals surface area (Å²) < 4.78 is 0. The van der Waals surface area contributed by atoms with Crippen molar-refractivity contribution in [3.05, 3.63) is 101 Å². The van der Waals surface area contributed by atoms with E-state index in [9.17, 15) is 4.79 Å². The smallest absolute Gasteiger partial charge is 0.165 e. The predicted octanol–water partition coefficient (Wildman–Crippen LogP) is 8.60. The summed E-state index contributed by atoms with van der Waals surface area (Å²) in [5.41, 5.74) is 20.2. The Morgan fingerprint density at radius 3 is 1.89 bits per heavy atom. The normalized spacial score (nSPS) is 15.9. The number of phenolic OH excluding ortho intramolecular Hbond substituents is 1. The van der Waals surface area contributed by atoms with Gasteiger partial charge in [0, 0.05) is 38.2 Å². The van der Waals surface area contributed by atoms with Gasteiger partial charge in [-0.15, -0.1) is 0 Å². The molecule has 3 saturated carbocycles. The number of aromatic hydroxyl groups is 1. The van der Waals surface area contributed by atoms with Gasteiger partial charge in [0.25, 0.3) is 0 Å². The van der Waals surface area contributed by atoms with Crippen LogP contribution in [0.15, 0.2) is 78.5 Å². The molecule has 0 atom stereocenters. The van der Waals surface area contributed by atoms with Crippen molar-refractivity contribution in [3.8, 4) is 16.9 Å². The van der Waals surface area contributed by atoms with Gasteiger partial charge < -0.3 is 16.6 Å². The second-order valence-corrected chi connectivity index (χ2v) is 10.2. The van der Waals surface area contributed by atoms with Crippen LogP contribution in [0.2, 0.25) is 0 Å². The summed E-state index contributed by atoms with van der Waals surface area (Å²) in [6, 6.07) is 21.3. The van der Waals surface area contributed by atoms with Gasteiger partial charge in [-0.25, -0.2) is 0 Å². The van der Waals surface area contributed by atoms with Crippen LogP contribution in [0.25, 0.3) is 16.9 Å². The molecule has 4 N–H and O–H groups in total. The molecule has 0 spiro atoms. The van der Waals surface area contributed by atoms with Gasteiger partial charge >= 0.3 is 0 Å². The second kappa shape index (κ2) is 13.6. The van der Waals surface area contributed by atoms with Crippen LogP contribution in [0.1, 0.15) is 78.8 Å². The molecule has 37 heavy (non-hydrogen) atoms. The molecule has 0 saturated heterocycles. The van der Waals surface area contributed by atoms with Crippen molar-refractivity contribution in [2.24, 2.45) is 5.92 Å². The Hall–Kier alpha value is -2.84.